The van der Waals surface area contributed by atoms with Crippen molar-refractivity contribution >= 4 is 17.1 Å². The maximum atomic E-state index is 6.99. The molecule has 0 aliphatic heterocycles. The zero-order chi connectivity index (χ0) is 29.7. The molecule has 0 radical (unpaired) electrons. The summed E-state index contributed by atoms with van der Waals surface area (Å²) < 4.78 is 0. The highest BCUT2D eigenvalue weighted by molar-refractivity contribution is 5.89. The quantitative estimate of drug-likeness (QED) is 0.297. The molecule has 4 nitrogen and oxygen atoms in total. The molecular formula is C40H36N4. The van der Waals surface area contributed by atoms with E-state index in [1.165, 1.54) is 27.9 Å². The molecule has 44 heavy (non-hydrogen) atoms. The predicted octanol–water partition coefficient (Wildman–Crippen LogP) is 8.99. The number of nitrogens with two attached hydrogens (primary N) is 1. The van der Waals surface area contributed by atoms with Gasteiger partial charge >= 0.3 is 0 Å². The number of nitrogens with zero attached hydrogens (tertiary/aromatic N) is 2. The van der Waals surface area contributed by atoms with Crippen molar-refractivity contribution in [2.75, 3.05) is 5.32 Å². The molecule has 0 saturated carbocycles. The number of nitrogens with one attached hydrogen (secondary N) is 1. The second-order valence-electron chi connectivity index (χ2n) is 11.6. The summed E-state index contributed by atoms with van der Waals surface area (Å²) in [5.41, 5.74) is 18.0. The Morgan fingerprint density at radius 1 is 0.864 bits per heavy atom. The minimum Gasteiger partial charge on any atom is -0.340 e. The fourth-order valence-electron chi connectivity index (χ4n) is 6.68. The number of rotatable bonds is 7. The van der Waals surface area contributed by atoms with E-state index in [-0.39, 0.29) is 17.9 Å². The second-order valence-corrected chi connectivity index (χ2v) is 11.6. The van der Waals surface area contributed by atoms with Crippen molar-refractivity contribution in [3.8, 4) is 11.1 Å². The van der Waals surface area contributed by atoms with Gasteiger partial charge in [-0.25, -0.2) is 4.98 Å². The van der Waals surface area contributed by atoms with Crippen LogP contribution in [0.1, 0.15) is 24.8 Å². The number of hydrogen-bond donors (Lipinski definition) is 2. The van der Waals surface area contributed by atoms with Crippen molar-refractivity contribution < 1.29 is 0 Å². The Morgan fingerprint density at radius 2 is 1.75 bits per heavy atom. The van der Waals surface area contributed by atoms with Crippen molar-refractivity contribution in [3.63, 3.8) is 0 Å². The first-order chi connectivity index (χ1) is 21.7. The normalized spacial score (nSPS) is 22.1. The number of aromatic nitrogens is 2. The predicted molar refractivity (Wildman–Crippen MR) is 183 cm³/mol. The Kier molecular flexibility index (Phi) is 7.99. The number of fused-ring (bicyclic) bond motifs is 1. The van der Waals surface area contributed by atoms with Gasteiger partial charge in [-0.2, -0.15) is 0 Å². The average molecular weight is 573 g/mol. The molecule has 0 bridgehead atoms. The van der Waals surface area contributed by atoms with Gasteiger partial charge in [0, 0.05) is 47.7 Å². The van der Waals surface area contributed by atoms with Crippen molar-refractivity contribution in [2.24, 2.45) is 17.6 Å². The highest BCUT2D eigenvalue weighted by Crippen LogP contribution is 2.49. The minimum absolute atomic E-state index is 0.0848. The molecule has 3 aromatic rings. The van der Waals surface area contributed by atoms with Gasteiger partial charge in [-0.05, 0) is 83.0 Å². The summed E-state index contributed by atoms with van der Waals surface area (Å²) in [4.78, 5) is 9.08. The SMILES string of the molecule is NC(/C=C\C=C1\C=CC=CC1)C1C2=C(C=CCC2)C(c2ccc(Nc3ccc(-c4cccnc4)cc3)nc2)=C2C=CC=CC21. The van der Waals surface area contributed by atoms with Crippen LogP contribution in [0.15, 0.2) is 168 Å². The van der Waals surface area contributed by atoms with E-state index >= 15 is 0 Å². The van der Waals surface area contributed by atoms with Crippen molar-refractivity contribution in [2.45, 2.75) is 25.3 Å². The van der Waals surface area contributed by atoms with Crippen LogP contribution in [0.2, 0.25) is 0 Å². The molecule has 216 valence electrons. The van der Waals surface area contributed by atoms with Crippen LogP contribution < -0.4 is 11.1 Å². The molecule has 4 aliphatic carbocycles. The third kappa shape index (κ3) is 5.77. The van der Waals surface area contributed by atoms with Gasteiger partial charge in [-0.15, -0.1) is 0 Å². The smallest absolute Gasteiger partial charge is 0.130 e. The number of anilines is 2. The molecule has 4 heteroatoms. The molecule has 0 fully saturated rings. The first-order valence-corrected chi connectivity index (χ1v) is 15.4. The van der Waals surface area contributed by atoms with E-state index in [1.807, 2.05) is 18.5 Å². The molecule has 0 saturated heterocycles. The summed E-state index contributed by atoms with van der Waals surface area (Å²) in [6, 6.07) is 16.6. The Balaban J connectivity index is 1.15. The summed E-state index contributed by atoms with van der Waals surface area (Å²) in [5.74, 6) is 1.26. The van der Waals surface area contributed by atoms with Crippen LogP contribution in [0.25, 0.3) is 16.7 Å². The first kappa shape index (κ1) is 27.8. The maximum Gasteiger partial charge on any atom is 0.130 e. The van der Waals surface area contributed by atoms with Crippen molar-refractivity contribution in [1.82, 2.24) is 9.97 Å². The Morgan fingerprint density at radius 3 is 2.55 bits per heavy atom. The largest absolute Gasteiger partial charge is 0.340 e. The lowest BCUT2D eigenvalue weighted by Crippen LogP contribution is -2.38. The Bertz CT molecular complexity index is 1790. The van der Waals surface area contributed by atoms with Crippen LogP contribution in [0.4, 0.5) is 11.5 Å². The van der Waals surface area contributed by atoms with Crippen LogP contribution in [0.5, 0.6) is 0 Å². The molecule has 0 spiro atoms. The lowest BCUT2D eigenvalue weighted by molar-refractivity contribution is 0.441. The zero-order valence-electron chi connectivity index (χ0n) is 24.7. The Labute approximate surface area is 259 Å². The van der Waals surface area contributed by atoms with Gasteiger partial charge in [-0.1, -0.05) is 103 Å². The summed E-state index contributed by atoms with van der Waals surface area (Å²) in [7, 11) is 0. The molecule has 3 atom stereocenters. The molecule has 2 heterocycles. The molecular weight excluding hydrogens is 536 g/mol. The Hall–Kier alpha value is -5.06. The minimum atomic E-state index is -0.0848. The van der Waals surface area contributed by atoms with Gasteiger partial charge in [0.1, 0.15) is 5.82 Å². The van der Waals surface area contributed by atoms with Crippen LogP contribution in [0.3, 0.4) is 0 Å². The summed E-state index contributed by atoms with van der Waals surface area (Å²) in [6.07, 6.45) is 37.3. The standard InChI is InChI=1S/C40H36N4/c41-37(18-8-12-28-10-2-1-3-11-28)40-35-16-6-4-14-33(35)39(34-15-5-7-17-36(34)40)31-21-24-38(43-27-31)44-32-22-19-29(20-23-32)30-13-9-25-42-26-30/h1-6,8-10,12-16,18-27,35,37,40H,7,11,17,41H2,(H,43,44)/b18-8-,28-12-. The lowest BCUT2D eigenvalue weighted by Gasteiger charge is -2.40. The number of allylic oxidation sites excluding steroid dienone is 16. The third-order valence-corrected chi connectivity index (χ3v) is 8.80. The summed E-state index contributed by atoms with van der Waals surface area (Å²) >= 11 is 0. The molecule has 1 aromatic carbocycles. The van der Waals surface area contributed by atoms with Gasteiger partial charge in [0.25, 0.3) is 0 Å². The number of benzene rings is 1. The van der Waals surface area contributed by atoms with Crippen LogP contribution >= 0.6 is 0 Å². The summed E-state index contributed by atoms with van der Waals surface area (Å²) in [5, 5.41) is 3.46. The molecule has 2 aromatic heterocycles. The van der Waals surface area contributed by atoms with Gasteiger partial charge < -0.3 is 11.1 Å². The van der Waals surface area contributed by atoms with Gasteiger partial charge in [0.15, 0.2) is 0 Å². The highest BCUT2D eigenvalue weighted by atomic mass is 15.0. The molecule has 3 N–H and O–H groups in total. The van der Waals surface area contributed by atoms with Gasteiger partial charge in [0.05, 0.1) is 0 Å². The topological polar surface area (TPSA) is 63.8 Å². The third-order valence-electron chi connectivity index (χ3n) is 8.80. The number of pyridine rings is 2. The van der Waals surface area contributed by atoms with E-state index in [2.05, 4.69) is 132 Å². The van der Waals surface area contributed by atoms with Crippen LogP contribution in [0, 0.1) is 11.8 Å². The first-order valence-electron chi connectivity index (χ1n) is 15.4. The number of hydrogen-bond acceptors (Lipinski definition) is 4. The molecule has 0 amide bonds. The molecule has 7 rings (SSSR count). The fraction of sp³-hybridized carbons (Fsp3) is 0.150. The van der Waals surface area contributed by atoms with Crippen molar-refractivity contribution in [3.05, 3.63) is 174 Å². The molecule has 4 aliphatic rings. The highest BCUT2D eigenvalue weighted by Gasteiger charge is 2.38. The summed E-state index contributed by atoms with van der Waals surface area (Å²) in [6.45, 7) is 0. The van der Waals surface area contributed by atoms with E-state index in [9.17, 15) is 0 Å². The van der Waals surface area contributed by atoms with E-state index in [1.54, 1.807) is 6.20 Å². The maximum absolute atomic E-state index is 6.99. The van der Waals surface area contributed by atoms with Crippen molar-refractivity contribution in [1.29, 1.82) is 0 Å². The lowest BCUT2D eigenvalue weighted by atomic mass is 9.64. The zero-order valence-corrected chi connectivity index (χ0v) is 24.7. The monoisotopic (exact) mass is 572 g/mol. The second kappa shape index (κ2) is 12.7. The van der Waals surface area contributed by atoms with Crippen LogP contribution in [-0.2, 0) is 0 Å². The van der Waals surface area contributed by atoms with E-state index in [4.69, 9.17) is 10.7 Å². The average Bonchev–Trinajstić information content (AvgIpc) is 3.09. The van der Waals surface area contributed by atoms with E-state index in [0.29, 0.717) is 0 Å². The fourth-order valence-corrected chi connectivity index (χ4v) is 6.68. The van der Waals surface area contributed by atoms with Crippen LogP contribution in [-0.4, -0.2) is 16.0 Å². The van der Waals surface area contributed by atoms with E-state index in [0.717, 1.165) is 47.5 Å². The van der Waals surface area contributed by atoms with Gasteiger partial charge in [0.2, 0.25) is 0 Å². The van der Waals surface area contributed by atoms with E-state index < -0.39 is 0 Å². The molecule has 3 unspecified atom stereocenters. The van der Waals surface area contributed by atoms with Gasteiger partial charge in [-0.3, -0.25) is 4.98 Å².